The van der Waals surface area contributed by atoms with Crippen LogP contribution in [0.25, 0.3) is 0 Å². The second-order valence-corrected chi connectivity index (χ2v) is 15.1. The molecule has 5 rings (SSSR count). The predicted molar refractivity (Wildman–Crippen MR) is 132 cm³/mol. The molecule has 0 aliphatic heterocycles. The zero-order valence-electron chi connectivity index (χ0n) is 22.1. The summed E-state index contributed by atoms with van der Waals surface area (Å²) in [5, 5.41) is 21.5. The maximum atomic E-state index is 10.9. The van der Waals surface area contributed by atoms with Crippen LogP contribution in [0.2, 0.25) is 0 Å². The van der Waals surface area contributed by atoms with Gasteiger partial charge in [0.15, 0.2) is 0 Å². The van der Waals surface area contributed by atoms with Crippen molar-refractivity contribution in [2.24, 2.45) is 50.2 Å². The highest BCUT2D eigenvalue weighted by molar-refractivity contribution is 5.33. The lowest BCUT2D eigenvalue weighted by Gasteiger charge is -2.71. The van der Waals surface area contributed by atoms with Gasteiger partial charge in [-0.2, -0.15) is 0 Å². The minimum Gasteiger partial charge on any atom is -0.396 e. The average Bonchev–Trinajstić information content (AvgIpc) is 2.71. The first-order valence-corrected chi connectivity index (χ1v) is 13.8. The largest absolute Gasteiger partial charge is 0.396 e. The van der Waals surface area contributed by atoms with Crippen LogP contribution in [0.3, 0.4) is 0 Å². The second kappa shape index (κ2) is 6.87. The number of aliphatic hydroxyl groups excluding tert-OH is 2. The van der Waals surface area contributed by atoms with Gasteiger partial charge in [0.2, 0.25) is 0 Å². The van der Waals surface area contributed by atoms with E-state index in [0.29, 0.717) is 40.6 Å². The van der Waals surface area contributed by atoms with Crippen LogP contribution in [0.1, 0.15) is 113 Å². The van der Waals surface area contributed by atoms with E-state index in [1.165, 1.54) is 57.8 Å². The standard InChI is InChI=1S/C30H50O2/c1-25(2)14-16-30(19-31)17-15-28(6)20(21(30)18-25)8-9-23-27(5)12-11-24(32)26(3,4)22(27)10-13-29(23,28)7/h8,21-24,31-32H,9-19H2,1-7H3/t21?,22?,23?,24-,27-,28?,29+,30+/m0/s1. The first kappa shape index (κ1) is 23.4. The van der Waals surface area contributed by atoms with Crippen LogP contribution < -0.4 is 0 Å². The number of rotatable bonds is 1. The summed E-state index contributed by atoms with van der Waals surface area (Å²) in [6.45, 7) is 17.8. The maximum absolute atomic E-state index is 10.9. The monoisotopic (exact) mass is 442 g/mol. The highest BCUT2D eigenvalue weighted by Crippen LogP contribution is 2.75. The summed E-state index contributed by atoms with van der Waals surface area (Å²) in [6.07, 6.45) is 14.6. The molecule has 0 bridgehead atoms. The third-order valence-electron chi connectivity index (χ3n) is 13.1. The number of hydrogen-bond acceptors (Lipinski definition) is 2. The van der Waals surface area contributed by atoms with E-state index in [2.05, 4.69) is 54.5 Å². The second-order valence-electron chi connectivity index (χ2n) is 15.1. The zero-order chi connectivity index (χ0) is 23.4. The lowest BCUT2D eigenvalue weighted by atomic mass is 9.33. The summed E-state index contributed by atoms with van der Waals surface area (Å²) in [6, 6.07) is 0. The van der Waals surface area contributed by atoms with Crippen LogP contribution in [-0.2, 0) is 0 Å². The molecule has 0 spiro atoms. The van der Waals surface area contributed by atoms with Crippen LogP contribution in [0, 0.1) is 50.2 Å². The fraction of sp³-hybridized carbons (Fsp3) is 0.933. The fourth-order valence-electron chi connectivity index (χ4n) is 10.6. The molecular weight excluding hydrogens is 392 g/mol. The van der Waals surface area contributed by atoms with Crippen LogP contribution in [-0.4, -0.2) is 22.9 Å². The topological polar surface area (TPSA) is 40.5 Å². The Balaban J connectivity index is 1.58. The molecule has 4 unspecified atom stereocenters. The van der Waals surface area contributed by atoms with E-state index in [1.54, 1.807) is 5.57 Å². The molecular formula is C30H50O2. The molecule has 2 nitrogen and oxygen atoms in total. The Morgan fingerprint density at radius 3 is 2.22 bits per heavy atom. The first-order valence-electron chi connectivity index (χ1n) is 13.8. The van der Waals surface area contributed by atoms with E-state index in [-0.39, 0.29) is 22.3 Å². The van der Waals surface area contributed by atoms with Gasteiger partial charge in [-0.25, -0.2) is 0 Å². The van der Waals surface area contributed by atoms with Crippen molar-refractivity contribution >= 4 is 0 Å². The van der Waals surface area contributed by atoms with E-state index in [1.807, 2.05) is 0 Å². The molecule has 0 radical (unpaired) electrons. The van der Waals surface area contributed by atoms with Gasteiger partial charge in [-0.3, -0.25) is 0 Å². The van der Waals surface area contributed by atoms with Gasteiger partial charge in [0.1, 0.15) is 0 Å². The van der Waals surface area contributed by atoms with Crippen LogP contribution in [0.15, 0.2) is 11.6 Å². The summed E-state index contributed by atoms with van der Waals surface area (Å²) in [5.74, 6) is 1.87. The Morgan fingerprint density at radius 2 is 1.53 bits per heavy atom. The summed E-state index contributed by atoms with van der Waals surface area (Å²) >= 11 is 0. The minimum absolute atomic E-state index is 0.0191. The fourth-order valence-corrected chi connectivity index (χ4v) is 10.6. The Kier molecular flexibility index (Phi) is 5.02. The Hall–Kier alpha value is -0.340. The highest BCUT2D eigenvalue weighted by atomic mass is 16.3. The maximum Gasteiger partial charge on any atom is 0.0594 e. The van der Waals surface area contributed by atoms with Gasteiger partial charge in [-0.15, -0.1) is 0 Å². The van der Waals surface area contributed by atoms with Crippen molar-refractivity contribution in [1.29, 1.82) is 0 Å². The molecule has 0 aromatic heterocycles. The van der Waals surface area contributed by atoms with Crippen molar-refractivity contribution < 1.29 is 10.2 Å². The third-order valence-corrected chi connectivity index (χ3v) is 13.1. The van der Waals surface area contributed by atoms with Crippen molar-refractivity contribution in [3.8, 4) is 0 Å². The van der Waals surface area contributed by atoms with Gasteiger partial charge in [0.25, 0.3) is 0 Å². The van der Waals surface area contributed by atoms with Crippen molar-refractivity contribution in [3.05, 3.63) is 11.6 Å². The molecule has 0 aromatic rings. The molecule has 0 aromatic carbocycles. The summed E-state index contributed by atoms with van der Waals surface area (Å²) in [4.78, 5) is 0. The molecule has 2 heteroatoms. The molecule has 4 fully saturated rings. The van der Waals surface area contributed by atoms with Crippen molar-refractivity contribution in [3.63, 3.8) is 0 Å². The van der Waals surface area contributed by atoms with Gasteiger partial charge >= 0.3 is 0 Å². The first-order chi connectivity index (χ1) is 14.8. The van der Waals surface area contributed by atoms with Gasteiger partial charge in [-0.1, -0.05) is 60.1 Å². The van der Waals surface area contributed by atoms with Crippen molar-refractivity contribution in [2.45, 2.75) is 119 Å². The average molecular weight is 443 g/mol. The predicted octanol–water partition coefficient (Wildman–Crippen LogP) is 7.14. The summed E-state index contributed by atoms with van der Waals surface area (Å²) in [5.41, 5.74) is 3.16. The van der Waals surface area contributed by atoms with E-state index in [4.69, 9.17) is 0 Å². The van der Waals surface area contributed by atoms with Crippen molar-refractivity contribution in [2.75, 3.05) is 6.61 Å². The van der Waals surface area contributed by atoms with E-state index < -0.39 is 0 Å². The van der Waals surface area contributed by atoms with E-state index in [0.717, 1.165) is 6.42 Å². The number of fused-ring (bicyclic) bond motifs is 7. The normalized spacial score (nSPS) is 53.8. The molecule has 5 aliphatic carbocycles. The molecule has 182 valence electrons. The third kappa shape index (κ3) is 2.78. The molecule has 8 atom stereocenters. The summed E-state index contributed by atoms with van der Waals surface area (Å²) in [7, 11) is 0. The van der Waals surface area contributed by atoms with Crippen molar-refractivity contribution in [1.82, 2.24) is 0 Å². The van der Waals surface area contributed by atoms with Gasteiger partial charge in [0.05, 0.1) is 6.10 Å². The Labute approximate surface area is 197 Å². The van der Waals surface area contributed by atoms with Crippen LogP contribution >= 0.6 is 0 Å². The summed E-state index contributed by atoms with van der Waals surface area (Å²) < 4.78 is 0. The van der Waals surface area contributed by atoms with Gasteiger partial charge in [0, 0.05) is 12.0 Å². The van der Waals surface area contributed by atoms with Crippen LogP contribution in [0.4, 0.5) is 0 Å². The lowest BCUT2D eigenvalue weighted by Crippen LogP contribution is -2.64. The van der Waals surface area contributed by atoms with E-state index in [9.17, 15) is 10.2 Å². The molecule has 0 amide bonds. The molecule has 4 saturated carbocycles. The smallest absolute Gasteiger partial charge is 0.0594 e. The van der Waals surface area contributed by atoms with E-state index >= 15 is 0 Å². The number of allylic oxidation sites excluding steroid dienone is 2. The molecule has 2 N–H and O–H groups in total. The zero-order valence-corrected chi connectivity index (χ0v) is 22.1. The molecule has 0 heterocycles. The Morgan fingerprint density at radius 1 is 0.844 bits per heavy atom. The Bertz CT molecular complexity index is 810. The molecule has 0 saturated heterocycles. The number of hydrogen-bond donors (Lipinski definition) is 2. The minimum atomic E-state index is -0.153. The van der Waals surface area contributed by atoms with Gasteiger partial charge in [-0.05, 0) is 109 Å². The molecule has 5 aliphatic rings. The SMILES string of the molecule is CC1(C)CC[C@]2(CO)CCC3(C)C(=CCC4[C@@]5(C)CC[C@H](O)C(C)(C)C5CC[C@]43C)C2C1. The van der Waals surface area contributed by atoms with Crippen LogP contribution in [0.5, 0.6) is 0 Å². The quantitative estimate of drug-likeness (QED) is 0.424. The lowest BCUT2D eigenvalue weighted by molar-refractivity contribution is -0.204. The molecule has 32 heavy (non-hydrogen) atoms. The number of aliphatic hydroxyl groups is 2. The highest BCUT2D eigenvalue weighted by Gasteiger charge is 2.68. The van der Waals surface area contributed by atoms with Gasteiger partial charge < -0.3 is 10.2 Å².